The van der Waals surface area contributed by atoms with Crippen LogP contribution in [0.4, 0.5) is 5.13 Å². The fraction of sp³-hybridized carbons (Fsp3) is 0.214. The third-order valence-electron chi connectivity index (χ3n) is 2.57. The van der Waals surface area contributed by atoms with E-state index in [1.165, 1.54) is 11.3 Å². The number of carbonyl (C=O) groups excluding carboxylic acids is 2. The first-order valence-corrected chi connectivity index (χ1v) is 8.38. The van der Waals surface area contributed by atoms with Crippen molar-refractivity contribution < 1.29 is 19.1 Å². The molecule has 2 rings (SSSR count). The van der Waals surface area contributed by atoms with Crippen molar-refractivity contribution in [3.63, 3.8) is 0 Å². The number of nitrogens with one attached hydrogen (secondary N) is 1. The number of aryl methyl sites for hydroxylation is 1. The average molecular weight is 420 g/mol. The van der Waals surface area contributed by atoms with E-state index in [2.05, 4.69) is 26.2 Å². The van der Waals surface area contributed by atoms with Gasteiger partial charge in [0.1, 0.15) is 5.75 Å². The van der Waals surface area contributed by atoms with Crippen molar-refractivity contribution in [2.24, 2.45) is 0 Å². The SMILES string of the molecule is Cc1cc(Cl)ccc1OCC(=O)OCC(=O)Nc1ncc(Br)s1. The van der Waals surface area contributed by atoms with Crippen LogP contribution in [-0.2, 0) is 14.3 Å². The molecule has 0 aliphatic carbocycles. The Hall–Kier alpha value is -1.64. The predicted octanol–water partition coefficient (Wildman–Crippen LogP) is 3.43. The molecule has 6 nitrogen and oxygen atoms in total. The average Bonchev–Trinajstić information content (AvgIpc) is 2.89. The van der Waals surface area contributed by atoms with E-state index in [-0.39, 0.29) is 6.61 Å². The molecule has 0 aliphatic rings. The Bertz CT molecular complexity index is 723. The molecule has 0 radical (unpaired) electrons. The molecule has 0 saturated carbocycles. The number of ether oxygens (including phenoxy) is 2. The third-order valence-corrected chi connectivity index (χ3v) is 4.20. The van der Waals surface area contributed by atoms with Gasteiger partial charge < -0.3 is 9.47 Å². The quantitative estimate of drug-likeness (QED) is 0.726. The molecule has 1 amide bonds. The maximum Gasteiger partial charge on any atom is 0.344 e. The Labute approximate surface area is 149 Å². The summed E-state index contributed by atoms with van der Waals surface area (Å²) in [6, 6.07) is 5.05. The zero-order chi connectivity index (χ0) is 16.8. The standard InChI is InChI=1S/C14H12BrClN2O4S/c1-8-4-9(16)2-3-10(8)21-7-13(20)22-6-12(19)18-14-17-5-11(15)23-14/h2-5H,6-7H2,1H3,(H,17,18,19). The van der Waals surface area contributed by atoms with Gasteiger partial charge in [-0.15, -0.1) is 0 Å². The molecule has 0 atom stereocenters. The number of halogens is 2. The Morgan fingerprint density at radius 2 is 2.17 bits per heavy atom. The van der Waals surface area contributed by atoms with Crippen LogP contribution >= 0.6 is 38.9 Å². The van der Waals surface area contributed by atoms with Gasteiger partial charge in [0.25, 0.3) is 5.91 Å². The van der Waals surface area contributed by atoms with E-state index in [0.717, 1.165) is 9.35 Å². The minimum Gasteiger partial charge on any atom is -0.482 e. The maximum atomic E-state index is 11.6. The number of thiazole rings is 1. The van der Waals surface area contributed by atoms with Gasteiger partial charge in [-0.05, 0) is 46.6 Å². The molecule has 0 fully saturated rings. The lowest BCUT2D eigenvalue weighted by atomic mass is 10.2. The first-order chi connectivity index (χ1) is 10.9. The number of anilines is 1. The molecule has 0 aliphatic heterocycles. The summed E-state index contributed by atoms with van der Waals surface area (Å²) < 4.78 is 10.9. The van der Waals surface area contributed by atoms with E-state index >= 15 is 0 Å². The van der Waals surface area contributed by atoms with Crippen LogP contribution in [0.25, 0.3) is 0 Å². The number of aromatic nitrogens is 1. The van der Waals surface area contributed by atoms with Gasteiger partial charge in [0.15, 0.2) is 18.3 Å². The number of hydrogen-bond donors (Lipinski definition) is 1. The van der Waals surface area contributed by atoms with Crippen LogP contribution in [0.2, 0.25) is 5.02 Å². The largest absolute Gasteiger partial charge is 0.482 e. The van der Waals surface area contributed by atoms with Crippen molar-refractivity contribution in [2.75, 3.05) is 18.5 Å². The van der Waals surface area contributed by atoms with Gasteiger partial charge in [-0.25, -0.2) is 9.78 Å². The second-order valence-corrected chi connectivity index (χ2v) is 7.22. The zero-order valence-electron chi connectivity index (χ0n) is 12.0. The summed E-state index contributed by atoms with van der Waals surface area (Å²) in [5.74, 6) is -0.582. The summed E-state index contributed by atoms with van der Waals surface area (Å²) in [6.45, 7) is 1.11. The molecule has 0 unspecified atom stereocenters. The molecule has 23 heavy (non-hydrogen) atoms. The molecular formula is C14H12BrClN2O4S. The summed E-state index contributed by atoms with van der Waals surface area (Å²) >= 11 is 10.3. The van der Waals surface area contributed by atoms with Gasteiger partial charge in [0, 0.05) is 5.02 Å². The monoisotopic (exact) mass is 418 g/mol. The molecule has 0 bridgehead atoms. The van der Waals surface area contributed by atoms with Crippen molar-refractivity contribution in [3.8, 4) is 5.75 Å². The second-order valence-electron chi connectivity index (χ2n) is 4.38. The number of esters is 1. The number of rotatable bonds is 6. The Kier molecular flexibility index (Phi) is 6.37. The molecular weight excluding hydrogens is 408 g/mol. The van der Waals surface area contributed by atoms with E-state index in [1.54, 1.807) is 24.4 Å². The lowest BCUT2D eigenvalue weighted by molar-refractivity contribution is -0.149. The summed E-state index contributed by atoms with van der Waals surface area (Å²) in [7, 11) is 0. The number of carbonyl (C=O) groups is 2. The van der Waals surface area contributed by atoms with E-state index in [9.17, 15) is 9.59 Å². The molecule has 0 saturated heterocycles. The highest BCUT2D eigenvalue weighted by Gasteiger charge is 2.11. The topological polar surface area (TPSA) is 77.5 Å². The van der Waals surface area contributed by atoms with Crippen LogP contribution in [-0.4, -0.2) is 30.1 Å². The van der Waals surface area contributed by atoms with Crippen LogP contribution < -0.4 is 10.1 Å². The van der Waals surface area contributed by atoms with Gasteiger partial charge in [-0.3, -0.25) is 10.1 Å². The van der Waals surface area contributed by atoms with Crippen LogP contribution in [0.1, 0.15) is 5.56 Å². The lowest BCUT2D eigenvalue weighted by Gasteiger charge is -2.09. The van der Waals surface area contributed by atoms with Crippen molar-refractivity contribution in [2.45, 2.75) is 6.92 Å². The zero-order valence-corrected chi connectivity index (χ0v) is 15.1. The smallest absolute Gasteiger partial charge is 0.344 e. The predicted molar refractivity (Wildman–Crippen MR) is 91.1 cm³/mol. The Morgan fingerprint density at radius 3 is 2.83 bits per heavy atom. The van der Waals surface area contributed by atoms with Crippen LogP contribution in [0.15, 0.2) is 28.2 Å². The summed E-state index contributed by atoms with van der Waals surface area (Å²) in [6.07, 6.45) is 1.56. The van der Waals surface area contributed by atoms with Crippen molar-refractivity contribution in [1.82, 2.24) is 4.98 Å². The highest BCUT2D eigenvalue weighted by molar-refractivity contribution is 9.11. The number of benzene rings is 1. The maximum absolute atomic E-state index is 11.6. The van der Waals surface area contributed by atoms with Crippen LogP contribution in [0, 0.1) is 6.92 Å². The highest BCUT2D eigenvalue weighted by atomic mass is 79.9. The molecule has 1 heterocycles. The fourth-order valence-corrected chi connectivity index (χ4v) is 2.92. The number of hydrogen-bond acceptors (Lipinski definition) is 6. The molecule has 2 aromatic rings. The van der Waals surface area contributed by atoms with E-state index < -0.39 is 18.5 Å². The second kappa shape index (κ2) is 8.28. The van der Waals surface area contributed by atoms with Gasteiger partial charge in [0.05, 0.1) is 9.98 Å². The molecule has 122 valence electrons. The normalized spacial score (nSPS) is 10.2. The molecule has 1 aromatic heterocycles. The lowest BCUT2D eigenvalue weighted by Crippen LogP contribution is -2.23. The summed E-state index contributed by atoms with van der Waals surface area (Å²) in [4.78, 5) is 27.1. The fourth-order valence-electron chi connectivity index (χ4n) is 1.57. The van der Waals surface area contributed by atoms with E-state index in [0.29, 0.717) is 15.9 Å². The number of nitrogens with zero attached hydrogens (tertiary/aromatic N) is 1. The third kappa shape index (κ3) is 5.81. The van der Waals surface area contributed by atoms with E-state index in [1.807, 2.05) is 6.92 Å². The van der Waals surface area contributed by atoms with Crippen molar-refractivity contribution in [1.29, 1.82) is 0 Å². The summed E-state index contributed by atoms with van der Waals surface area (Å²) in [5.41, 5.74) is 0.803. The Morgan fingerprint density at radius 1 is 1.39 bits per heavy atom. The van der Waals surface area contributed by atoms with E-state index in [4.69, 9.17) is 21.1 Å². The molecule has 9 heteroatoms. The molecule has 1 aromatic carbocycles. The highest BCUT2D eigenvalue weighted by Crippen LogP contribution is 2.23. The van der Waals surface area contributed by atoms with Crippen molar-refractivity contribution >= 4 is 55.9 Å². The molecule has 1 N–H and O–H groups in total. The summed E-state index contributed by atoms with van der Waals surface area (Å²) in [5, 5.41) is 3.52. The molecule has 0 spiro atoms. The van der Waals surface area contributed by atoms with Gasteiger partial charge >= 0.3 is 5.97 Å². The number of amides is 1. The van der Waals surface area contributed by atoms with Gasteiger partial charge in [0.2, 0.25) is 0 Å². The first-order valence-electron chi connectivity index (χ1n) is 6.40. The van der Waals surface area contributed by atoms with Crippen LogP contribution in [0.5, 0.6) is 5.75 Å². The van der Waals surface area contributed by atoms with Gasteiger partial charge in [-0.2, -0.15) is 0 Å². The minimum absolute atomic E-state index is 0.293. The Balaban J connectivity index is 1.73. The first kappa shape index (κ1) is 17.7. The van der Waals surface area contributed by atoms with Gasteiger partial charge in [-0.1, -0.05) is 22.9 Å². The van der Waals surface area contributed by atoms with Crippen molar-refractivity contribution in [3.05, 3.63) is 38.8 Å². The minimum atomic E-state index is -0.644. The van der Waals surface area contributed by atoms with Crippen LogP contribution in [0.3, 0.4) is 0 Å².